The molecule has 4 amide bonds. The second-order valence-electron chi connectivity index (χ2n) is 12.1. The molecule has 0 aliphatic carbocycles. The molecule has 3 fully saturated rings. The standard InChI is InChI=1S/C29H42FN5O6/c1-18(33(5)28(39)41-29(2,3)4)25(36)32-23-15-34(22-16-40-17-22)13-12-21-10-11-24(35(21)27(23)38)26(37)31-14-19-6-8-20(30)9-7-19/h6-9,18,21-24H,10-17H2,1-5H3,(H,31,37)(H,32,36)/t18-,21+,23-,24-/m0/s1. The van der Waals surface area contributed by atoms with Crippen LogP contribution in [0.1, 0.15) is 52.5 Å². The minimum Gasteiger partial charge on any atom is -0.444 e. The van der Waals surface area contributed by atoms with Crippen LogP contribution in [0.25, 0.3) is 0 Å². The van der Waals surface area contributed by atoms with E-state index < -0.39 is 35.7 Å². The van der Waals surface area contributed by atoms with E-state index in [9.17, 15) is 23.6 Å². The highest BCUT2D eigenvalue weighted by Gasteiger charge is 2.46. The fraction of sp³-hybridized carbons (Fsp3) is 0.655. The summed E-state index contributed by atoms with van der Waals surface area (Å²) in [7, 11) is 1.48. The Balaban J connectivity index is 1.48. The van der Waals surface area contributed by atoms with Gasteiger partial charge in [0.1, 0.15) is 29.5 Å². The molecule has 3 aliphatic rings. The van der Waals surface area contributed by atoms with Crippen molar-refractivity contribution in [1.82, 2.24) is 25.3 Å². The first-order valence-electron chi connectivity index (χ1n) is 14.3. The van der Waals surface area contributed by atoms with Crippen LogP contribution in [0.4, 0.5) is 9.18 Å². The highest BCUT2D eigenvalue weighted by atomic mass is 19.1. The number of likely N-dealkylation sites (N-methyl/N-ethyl adjacent to an activating group) is 1. The van der Waals surface area contributed by atoms with Gasteiger partial charge in [-0.1, -0.05) is 12.1 Å². The third kappa shape index (κ3) is 7.53. The molecule has 2 N–H and O–H groups in total. The normalized spacial score (nSPS) is 24.4. The monoisotopic (exact) mass is 575 g/mol. The quantitative estimate of drug-likeness (QED) is 0.507. The summed E-state index contributed by atoms with van der Waals surface area (Å²) in [4.78, 5) is 58.3. The topological polar surface area (TPSA) is 121 Å². The molecule has 1 aromatic rings. The van der Waals surface area contributed by atoms with E-state index in [1.54, 1.807) is 44.7 Å². The lowest BCUT2D eigenvalue weighted by Gasteiger charge is -2.43. The van der Waals surface area contributed by atoms with Crippen LogP contribution in [0.5, 0.6) is 0 Å². The number of hydrogen-bond acceptors (Lipinski definition) is 7. The molecular weight excluding hydrogens is 533 g/mol. The third-order valence-electron chi connectivity index (χ3n) is 8.00. The van der Waals surface area contributed by atoms with Gasteiger partial charge in [-0.3, -0.25) is 24.2 Å². The van der Waals surface area contributed by atoms with Crippen LogP contribution < -0.4 is 10.6 Å². The maximum Gasteiger partial charge on any atom is 0.410 e. The van der Waals surface area contributed by atoms with Gasteiger partial charge in [-0.2, -0.15) is 0 Å². The van der Waals surface area contributed by atoms with Crippen LogP contribution in [0.3, 0.4) is 0 Å². The number of rotatable bonds is 7. The molecule has 0 bridgehead atoms. The number of nitrogens with one attached hydrogen (secondary N) is 2. The van der Waals surface area contributed by atoms with Gasteiger partial charge in [-0.05, 0) is 64.7 Å². The van der Waals surface area contributed by atoms with Crippen LogP contribution in [0.2, 0.25) is 0 Å². The number of ether oxygens (including phenoxy) is 2. The molecule has 41 heavy (non-hydrogen) atoms. The summed E-state index contributed by atoms with van der Waals surface area (Å²) >= 11 is 0. The SMILES string of the molecule is C[C@@H](C(=O)N[C@H]1CN(C2COC2)CC[C@H]2CC[C@@H](C(=O)NCc3ccc(F)cc3)N2C1=O)N(C)C(=O)OC(C)(C)C. The summed E-state index contributed by atoms with van der Waals surface area (Å²) in [6.45, 7) is 9.13. The van der Waals surface area contributed by atoms with Gasteiger partial charge in [0.05, 0.1) is 19.3 Å². The van der Waals surface area contributed by atoms with Crippen molar-refractivity contribution < 1.29 is 33.0 Å². The second-order valence-corrected chi connectivity index (χ2v) is 12.1. The van der Waals surface area contributed by atoms with Crippen LogP contribution in [-0.2, 0) is 30.4 Å². The van der Waals surface area contributed by atoms with Gasteiger partial charge in [0, 0.05) is 32.7 Å². The Hall–Kier alpha value is -3.25. The maximum atomic E-state index is 14.1. The molecule has 1 aromatic carbocycles. The van der Waals surface area contributed by atoms with Crippen LogP contribution >= 0.6 is 0 Å². The van der Waals surface area contributed by atoms with E-state index in [0.717, 1.165) is 5.56 Å². The first-order valence-corrected chi connectivity index (χ1v) is 14.3. The molecule has 0 aromatic heterocycles. The smallest absolute Gasteiger partial charge is 0.410 e. The minimum atomic E-state index is -0.911. The fourth-order valence-electron chi connectivity index (χ4n) is 5.40. The lowest BCUT2D eigenvalue weighted by molar-refractivity contribution is -0.147. The summed E-state index contributed by atoms with van der Waals surface area (Å²) in [6.07, 6.45) is 1.25. The highest BCUT2D eigenvalue weighted by molar-refractivity contribution is 5.94. The van der Waals surface area contributed by atoms with Gasteiger partial charge in [0.25, 0.3) is 0 Å². The van der Waals surface area contributed by atoms with Gasteiger partial charge < -0.3 is 25.0 Å². The molecule has 4 rings (SSSR count). The Morgan fingerprint density at radius 3 is 2.41 bits per heavy atom. The fourth-order valence-corrected chi connectivity index (χ4v) is 5.40. The summed E-state index contributed by atoms with van der Waals surface area (Å²) < 4.78 is 24.0. The van der Waals surface area contributed by atoms with Gasteiger partial charge >= 0.3 is 6.09 Å². The second kappa shape index (κ2) is 12.7. The van der Waals surface area contributed by atoms with Gasteiger partial charge in [-0.15, -0.1) is 0 Å². The first-order chi connectivity index (χ1) is 19.3. The predicted octanol–water partition coefficient (Wildman–Crippen LogP) is 1.65. The van der Waals surface area contributed by atoms with Crippen molar-refractivity contribution in [3.63, 3.8) is 0 Å². The van der Waals surface area contributed by atoms with Crippen molar-refractivity contribution in [3.05, 3.63) is 35.6 Å². The molecule has 3 heterocycles. The average Bonchev–Trinajstić information content (AvgIpc) is 3.30. The summed E-state index contributed by atoms with van der Waals surface area (Å²) in [5, 5.41) is 5.76. The van der Waals surface area contributed by atoms with E-state index in [1.807, 2.05) is 0 Å². The van der Waals surface area contributed by atoms with Crippen LogP contribution in [0, 0.1) is 5.82 Å². The Morgan fingerprint density at radius 1 is 1.12 bits per heavy atom. The zero-order chi connectivity index (χ0) is 29.9. The predicted molar refractivity (Wildman–Crippen MR) is 148 cm³/mol. The lowest BCUT2D eigenvalue weighted by atomic mass is 10.0. The molecule has 11 nitrogen and oxygen atoms in total. The molecule has 0 saturated carbocycles. The Bertz CT molecular complexity index is 1120. The van der Waals surface area contributed by atoms with Crippen molar-refractivity contribution in [2.45, 2.75) is 89.3 Å². The zero-order valence-corrected chi connectivity index (χ0v) is 24.5. The maximum absolute atomic E-state index is 14.1. The number of carbonyl (C=O) groups is 4. The van der Waals surface area contributed by atoms with Crippen molar-refractivity contribution in [2.24, 2.45) is 0 Å². The van der Waals surface area contributed by atoms with Crippen molar-refractivity contribution in [2.75, 3.05) is 33.4 Å². The third-order valence-corrected chi connectivity index (χ3v) is 8.00. The number of nitrogens with zero attached hydrogens (tertiary/aromatic N) is 3. The Labute approximate surface area is 240 Å². The molecule has 0 spiro atoms. The minimum absolute atomic E-state index is 0.144. The molecular formula is C29H42FN5O6. The number of fused-ring (bicyclic) bond motifs is 1. The number of halogens is 1. The Morgan fingerprint density at radius 2 is 1.80 bits per heavy atom. The van der Waals surface area contributed by atoms with Crippen molar-refractivity contribution in [3.8, 4) is 0 Å². The van der Waals surface area contributed by atoms with E-state index in [4.69, 9.17) is 9.47 Å². The average molecular weight is 576 g/mol. The van der Waals surface area contributed by atoms with E-state index in [2.05, 4.69) is 15.5 Å². The number of benzene rings is 1. The van der Waals surface area contributed by atoms with Crippen molar-refractivity contribution in [1.29, 1.82) is 0 Å². The summed E-state index contributed by atoms with van der Waals surface area (Å²) in [6, 6.07) is 3.42. The molecule has 226 valence electrons. The molecule has 0 radical (unpaired) electrons. The molecule has 4 atom stereocenters. The van der Waals surface area contributed by atoms with E-state index in [1.165, 1.54) is 24.1 Å². The number of hydrogen-bond donors (Lipinski definition) is 2. The Kier molecular flexibility index (Phi) is 9.53. The first kappa shape index (κ1) is 30.7. The zero-order valence-electron chi connectivity index (χ0n) is 24.5. The van der Waals surface area contributed by atoms with Crippen molar-refractivity contribution >= 4 is 23.8 Å². The van der Waals surface area contributed by atoms with Gasteiger partial charge in [-0.25, -0.2) is 9.18 Å². The van der Waals surface area contributed by atoms with E-state index in [0.29, 0.717) is 39.0 Å². The molecule has 3 aliphatic heterocycles. The number of carbonyl (C=O) groups excluding carboxylic acids is 4. The van der Waals surface area contributed by atoms with Crippen LogP contribution in [-0.4, -0.2) is 108 Å². The lowest BCUT2D eigenvalue weighted by Crippen LogP contribution is -2.64. The highest BCUT2D eigenvalue weighted by Crippen LogP contribution is 2.30. The van der Waals surface area contributed by atoms with Gasteiger partial charge in [0.15, 0.2) is 0 Å². The molecule has 3 saturated heterocycles. The van der Waals surface area contributed by atoms with E-state index in [-0.39, 0.29) is 42.8 Å². The van der Waals surface area contributed by atoms with Crippen LogP contribution in [0.15, 0.2) is 24.3 Å². The summed E-state index contributed by atoms with van der Waals surface area (Å²) in [5.74, 6) is -1.44. The largest absolute Gasteiger partial charge is 0.444 e. The summed E-state index contributed by atoms with van der Waals surface area (Å²) in [5.41, 5.74) is 0.0271. The number of amides is 4. The van der Waals surface area contributed by atoms with Gasteiger partial charge in [0.2, 0.25) is 17.7 Å². The molecule has 12 heteroatoms. The molecule has 0 unspecified atom stereocenters. The van der Waals surface area contributed by atoms with E-state index >= 15 is 0 Å².